The summed E-state index contributed by atoms with van der Waals surface area (Å²) in [5.74, 6) is 1.13. The van der Waals surface area contributed by atoms with E-state index in [0.29, 0.717) is 42.6 Å². The average Bonchev–Trinajstić information content (AvgIpc) is 3.02. The fourth-order valence-electron chi connectivity index (χ4n) is 4.79. The summed E-state index contributed by atoms with van der Waals surface area (Å²) in [5, 5.41) is 0. The van der Waals surface area contributed by atoms with Gasteiger partial charge in [0.05, 0.1) is 0 Å². The van der Waals surface area contributed by atoms with Crippen LogP contribution in [0, 0.1) is 11.8 Å². The van der Waals surface area contributed by atoms with Crippen LogP contribution in [0.4, 0.5) is 0 Å². The van der Waals surface area contributed by atoms with Gasteiger partial charge in [-0.15, -0.1) is 0 Å². The van der Waals surface area contributed by atoms with Crippen LogP contribution in [0.15, 0.2) is 48.5 Å². The lowest BCUT2D eigenvalue weighted by molar-refractivity contribution is -0.137. The number of esters is 4. The summed E-state index contributed by atoms with van der Waals surface area (Å²) in [7, 11) is 0. The summed E-state index contributed by atoms with van der Waals surface area (Å²) >= 11 is 0. The number of carbonyl (C=O) groups is 4. The Bertz CT molecular complexity index is 1200. The fraction of sp³-hybridized carbons (Fsp3) is 0.600. The maximum absolute atomic E-state index is 12.1. The van der Waals surface area contributed by atoms with Gasteiger partial charge in [-0.05, 0) is 55.4 Å². The highest BCUT2D eigenvalue weighted by Crippen LogP contribution is 2.28. The molecule has 8 heteroatoms. The van der Waals surface area contributed by atoms with Gasteiger partial charge in [0.1, 0.15) is 0 Å². The SMILES string of the molecule is CC(=O)Oc1ccccc1OC(=O)CCCCC(C)C.CCCCCCCCCCC(=O)Oc1ccccc1OC(=O)CCCC(C)C. The third-order valence-corrected chi connectivity index (χ3v) is 7.43. The predicted octanol–water partition coefficient (Wildman–Crippen LogP) is 10.6. The lowest BCUT2D eigenvalue weighted by atomic mass is 10.1. The summed E-state index contributed by atoms with van der Waals surface area (Å²) in [4.78, 5) is 46.8. The van der Waals surface area contributed by atoms with E-state index < -0.39 is 5.97 Å². The van der Waals surface area contributed by atoms with Gasteiger partial charge in [-0.25, -0.2) is 0 Å². The average molecular weight is 669 g/mol. The van der Waals surface area contributed by atoms with Crippen molar-refractivity contribution in [3.8, 4) is 23.0 Å². The van der Waals surface area contributed by atoms with Crippen LogP contribution in [0.3, 0.4) is 0 Å². The van der Waals surface area contributed by atoms with Crippen LogP contribution in [0.2, 0.25) is 0 Å². The third-order valence-electron chi connectivity index (χ3n) is 7.43. The Hall–Kier alpha value is -3.68. The largest absolute Gasteiger partial charge is 0.423 e. The fourth-order valence-corrected chi connectivity index (χ4v) is 4.79. The number of unbranched alkanes of at least 4 members (excludes halogenated alkanes) is 8. The minimum absolute atomic E-state index is 0.269. The highest BCUT2D eigenvalue weighted by Gasteiger charge is 2.14. The molecule has 0 heterocycles. The Morgan fingerprint density at radius 1 is 0.479 bits per heavy atom. The number of hydrogen-bond acceptors (Lipinski definition) is 8. The molecule has 0 spiro atoms. The Balaban J connectivity index is 0.000000507. The van der Waals surface area contributed by atoms with E-state index in [9.17, 15) is 19.2 Å². The highest BCUT2D eigenvalue weighted by molar-refractivity contribution is 5.76. The highest BCUT2D eigenvalue weighted by atomic mass is 16.6. The van der Waals surface area contributed by atoms with Crippen molar-refractivity contribution in [3.63, 3.8) is 0 Å². The van der Waals surface area contributed by atoms with Crippen molar-refractivity contribution < 1.29 is 38.1 Å². The van der Waals surface area contributed by atoms with Crippen molar-refractivity contribution in [2.45, 2.75) is 144 Å². The molecule has 0 radical (unpaired) electrons. The summed E-state index contributed by atoms with van der Waals surface area (Å²) < 4.78 is 21.1. The summed E-state index contributed by atoms with van der Waals surface area (Å²) in [5.41, 5.74) is 0. The molecule has 0 amide bonds. The van der Waals surface area contributed by atoms with Gasteiger partial charge in [0.15, 0.2) is 23.0 Å². The topological polar surface area (TPSA) is 105 Å². The van der Waals surface area contributed by atoms with Crippen molar-refractivity contribution in [1.29, 1.82) is 0 Å². The van der Waals surface area contributed by atoms with Crippen molar-refractivity contribution in [2.24, 2.45) is 11.8 Å². The standard InChI is InChI=1S/C24H38O4.C16H22O4/c1-4-5-6-7-8-9-10-11-18-23(25)27-21-16-12-13-17-22(21)28-24(26)19-14-15-20(2)3;1-12(2)8-4-7-11-16(18)20-15-10-6-5-9-14(15)19-13(3)17/h12-13,16-17,20H,4-11,14-15,18-19H2,1-3H3;5-6,9-10,12H,4,7-8,11H2,1-3H3. The number of hydrogen-bond donors (Lipinski definition) is 0. The maximum atomic E-state index is 12.1. The molecule has 2 rings (SSSR count). The normalized spacial score (nSPS) is 10.7. The van der Waals surface area contributed by atoms with Gasteiger partial charge >= 0.3 is 23.9 Å². The second-order valence-corrected chi connectivity index (χ2v) is 13.1. The second kappa shape index (κ2) is 26.3. The Kier molecular flexibility index (Phi) is 23.2. The summed E-state index contributed by atoms with van der Waals surface area (Å²) in [6.45, 7) is 12.1. The molecule has 0 aliphatic carbocycles. The third kappa shape index (κ3) is 22.0. The zero-order valence-corrected chi connectivity index (χ0v) is 30.4. The number of benzene rings is 2. The lowest BCUT2D eigenvalue weighted by Gasteiger charge is -2.11. The van der Waals surface area contributed by atoms with Crippen LogP contribution in [0.25, 0.3) is 0 Å². The van der Waals surface area contributed by atoms with Crippen LogP contribution < -0.4 is 18.9 Å². The first kappa shape index (κ1) is 42.3. The zero-order chi connectivity index (χ0) is 35.6. The first-order valence-corrected chi connectivity index (χ1v) is 18.0. The van der Waals surface area contributed by atoms with Crippen molar-refractivity contribution in [3.05, 3.63) is 48.5 Å². The molecule has 0 bridgehead atoms. The number of carbonyl (C=O) groups excluding carboxylic acids is 4. The molecule has 0 saturated heterocycles. The van der Waals surface area contributed by atoms with Gasteiger partial charge in [-0.3, -0.25) is 19.2 Å². The van der Waals surface area contributed by atoms with Gasteiger partial charge in [0.2, 0.25) is 0 Å². The Morgan fingerprint density at radius 3 is 1.21 bits per heavy atom. The van der Waals surface area contributed by atoms with Crippen molar-refractivity contribution in [1.82, 2.24) is 0 Å². The first-order valence-electron chi connectivity index (χ1n) is 18.0. The van der Waals surface area contributed by atoms with E-state index in [-0.39, 0.29) is 29.4 Å². The van der Waals surface area contributed by atoms with Gasteiger partial charge in [-0.1, -0.05) is 123 Å². The molecule has 0 fully saturated rings. The molecule has 0 saturated carbocycles. The second-order valence-electron chi connectivity index (χ2n) is 13.1. The molecule has 8 nitrogen and oxygen atoms in total. The number of rotatable bonds is 22. The van der Waals surface area contributed by atoms with Gasteiger partial charge in [0.25, 0.3) is 0 Å². The molecule has 2 aromatic carbocycles. The molecule has 268 valence electrons. The van der Waals surface area contributed by atoms with E-state index in [2.05, 4.69) is 34.6 Å². The number of para-hydroxylation sites is 4. The smallest absolute Gasteiger partial charge is 0.311 e. The van der Waals surface area contributed by atoms with E-state index >= 15 is 0 Å². The van der Waals surface area contributed by atoms with Crippen LogP contribution in [-0.2, 0) is 19.2 Å². The molecule has 0 unspecified atom stereocenters. The lowest BCUT2D eigenvalue weighted by Crippen LogP contribution is -2.12. The van der Waals surface area contributed by atoms with Crippen LogP contribution in [-0.4, -0.2) is 23.9 Å². The van der Waals surface area contributed by atoms with Crippen molar-refractivity contribution in [2.75, 3.05) is 0 Å². The predicted molar refractivity (Wildman–Crippen MR) is 190 cm³/mol. The molecule has 0 aliphatic rings. The molecule has 0 atom stereocenters. The molecule has 48 heavy (non-hydrogen) atoms. The zero-order valence-electron chi connectivity index (χ0n) is 30.4. The van der Waals surface area contributed by atoms with E-state index in [4.69, 9.17) is 18.9 Å². The molecule has 0 N–H and O–H groups in total. The quantitative estimate of drug-likeness (QED) is 0.0693. The van der Waals surface area contributed by atoms with Crippen LogP contribution in [0.5, 0.6) is 23.0 Å². The Morgan fingerprint density at radius 2 is 0.812 bits per heavy atom. The van der Waals surface area contributed by atoms with Crippen molar-refractivity contribution >= 4 is 23.9 Å². The Labute approximate surface area is 289 Å². The van der Waals surface area contributed by atoms with E-state index in [1.165, 1.54) is 45.4 Å². The molecule has 0 aliphatic heterocycles. The van der Waals surface area contributed by atoms with Crippen LogP contribution in [0.1, 0.15) is 144 Å². The van der Waals surface area contributed by atoms with Gasteiger partial charge in [0, 0.05) is 26.2 Å². The van der Waals surface area contributed by atoms with E-state index in [1.807, 2.05) is 0 Å². The molecule has 2 aromatic rings. The maximum Gasteiger partial charge on any atom is 0.311 e. The minimum Gasteiger partial charge on any atom is -0.423 e. The first-order chi connectivity index (χ1) is 23.0. The number of ether oxygens (including phenoxy) is 4. The van der Waals surface area contributed by atoms with Gasteiger partial charge in [-0.2, -0.15) is 0 Å². The van der Waals surface area contributed by atoms with Crippen LogP contribution >= 0.6 is 0 Å². The van der Waals surface area contributed by atoms with E-state index in [0.717, 1.165) is 44.9 Å². The minimum atomic E-state index is -0.439. The summed E-state index contributed by atoms with van der Waals surface area (Å²) in [6, 6.07) is 13.5. The van der Waals surface area contributed by atoms with Gasteiger partial charge < -0.3 is 18.9 Å². The molecule has 0 aromatic heterocycles. The molecular weight excluding hydrogens is 608 g/mol. The van der Waals surface area contributed by atoms with E-state index in [1.54, 1.807) is 48.5 Å². The summed E-state index contributed by atoms with van der Waals surface area (Å²) in [6.07, 6.45) is 15.3. The monoisotopic (exact) mass is 668 g/mol. The molecular formula is C40H60O8.